The van der Waals surface area contributed by atoms with E-state index in [0.29, 0.717) is 84.0 Å². The van der Waals surface area contributed by atoms with Crippen LogP contribution in [-0.4, -0.2) is 76.2 Å². The molecule has 0 N–H and O–H groups in total. The van der Waals surface area contributed by atoms with Crippen molar-refractivity contribution in [3.63, 3.8) is 0 Å². The lowest BCUT2D eigenvalue weighted by molar-refractivity contribution is -0.116. The zero-order valence-electron chi connectivity index (χ0n) is 32.1. The topological polar surface area (TPSA) is 35.5 Å². The summed E-state index contributed by atoms with van der Waals surface area (Å²) in [6.07, 6.45) is 5.76. The second-order valence-corrected chi connectivity index (χ2v) is 17.0. The largest absolute Gasteiger partial charge is 0.430 e. The van der Waals surface area contributed by atoms with Crippen LogP contribution in [0.2, 0.25) is 0 Å². The van der Waals surface area contributed by atoms with Crippen molar-refractivity contribution < 1.29 is 30.7 Å². The van der Waals surface area contributed by atoms with E-state index < -0.39 is 42.0 Å². The van der Waals surface area contributed by atoms with Crippen LogP contribution in [0.4, 0.5) is 36.6 Å². The number of terminal acetylenes is 1. The molecule has 4 aliphatic heterocycles. The van der Waals surface area contributed by atoms with E-state index in [-0.39, 0.29) is 47.6 Å². The predicted molar refractivity (Wildman–Crippen MR) is 209 cm³/mol. The standard InChI is InChI=1S/C45H44F7N5/c1-5-31-35(46)10-7-28-15-24(2)18-34(38(28)31)39-32-16-25(3)17-33(32)40-42(41(39)49)53-37(11-13-44-12-6-14-56(44)21-27(20-44)19-36(47)48)54-43(40)55-22-29-8-9-30(23-55)57(29)26(4)45(50,51)52/h1,7,10,15,17-18,27,29-30,36H,4,6,8-9,11-14,16,19-23H2,2-3H3. The maximum Gasteiger partial charge on any atom is 0.430 e. The van der Waals surface area contributed by atoms with Gasteiger partial charge in [0.15, 0.2) is 5.82 Å². The molecule has 1 aliphatic carbocycles. The van der Waals surface area contributed by atoms with E-state index in [1.165, 1.54) is 11.0 Å². The minimum absolute atomic E-state index is 0.0402. The number of fused-ring (bicyclic) bond motifs is 7. The van der Waals surface area contributed by atoms with Crippen LogP contribution in [0, 0.1) is 36.8 Å². The molecule has 2 bridgehead atoms. The number of anilines is 1. The van der Waals surface area contributed by atoms with Gasteiger partial charge in [-0.25, -0.2) is 27.5 Å². The fourth-order valence-electron chi connectivity index (χ4n) is 11.1. The molecule has 3 aromatic carbocycles. The Labute approximate surface area is 327 Å². The number of piperazine rings is 1. The molecule has 298 valence electrons. The maximum absolute atomic E-state index is 18.0. The number of alkyl halides is 5. The van der Waals surface area contributed by atoms with Gasteiger partial charge in [0, 0.05) is 61.0 Å². The predicted octanol–water partition coefficient (Wildman–Crippen LogP) is 10.1. The second kappa shape index (κ2) is 13.7. The molecule has 4 saturated heterocycles. The highest BCUT2D eigenvalue weighted by Gasteiger charge is 2.50. The van der Waals surface area contributed by atoms with Crippen LogP contribution in [0.1, 0.15) is 79.9 Å². The molecule has 4 atom stereocenters. The Morgan fingerprint density at radius 3 is 2.51 bits per heavy atom. The van der Waals surface area contributed by atoms with Gasteiger partial charge in [-0.3, -0.25) is 4.90 Å². The van der Waals surface area contributed by atoms with Crippen LogP contribution in [0.25, 0.3) is 38.9 Å². The van der Waals surface area contributed by atoms with Crippen molar-refractivity contribution in [1.82, 2.24) is 19.8 Å². The van der Waals surface area contributed by atoms with Crippen molar-refractivity contribution in [2.75, 3.05) is 31.1 Å². The minimum Gasteiger partial charge on any atom is -0.358 e. The number of halogens is 7. The molecule has 5 aliphatic rings. The van der Waals surface area contributed by atoms with Crippen LogP contribution < -0.4 is 4.90 Å². The van der Waals surface area contributed by atoms with Gasteiger partial charge in [0.1, 0.15) is 28.7 Å². The van der Waals surface area contributed by atoms with E-state index in [1.807, 2.05) is 37.0 Å². The van der Waals surface area contributed by atoms with E-state index in [9.17, 15) is 22.0 Å². The van der Waals surface area contributed by atoms with Gasteiger partial charge in [0.2, 0.25) is 6.43 Å². The number of rotatable bonds is 8. The lowest BCUT2D eigenvalue weighted by atomic mass is 9.84. The lowest BCUT2D eigenvalue weighted by Crippen LogP contribution is -2.55. The van der Waals surface area contributed by atoms with Gasteiger partial charge in [-0.05, 0) is 105 Å². The summed E-state index contributed by atoms with van der Waals surface area (Å²) in [7, 11) is 0. The molecule has 0 amide bonds. The summed E-state index contributed by atoms with van der Waals surface area (Å²) in [5, 5.41) is 1.60. The number of aromatic nitrogens is 2. The number of aryl methyl sites for hydroxylation is 2. The summed E-state index contributed by atoms with van der Waals surface area (Å²) in [5.74, 6) is 2.07. The fraction of sp³-hybridized carbons (Fsp3) is 0.467. The molecule has 0 saturated carbocycles. The van der Waals surface area contributed by atoms with Gasteiger partial charge >= 0.3 is 6.18 Å². The molecule has 0 radical (unpaired) electrons. The highest BCUT2D eigenvalue weighted by Crippen LogP contribution is 2.49. The zero-order chi connectivity index (χ0) is 40.1. The van der Waals surface area contributed by atoms with Crippen molar-refractivity contribution in [3.8, 4) is 23.5 Å². The molecule has 4 fully saturated rings. The number of hydrogen-bond donors (Lipinski definition) is 0. The van der Waals surface area contributed by atoms with Crippen molar-refractivity contribution >= 4 is 33.6 Å². The van der Waals surface area contributed by atoms with Gasteiger partial charge in [-0.15, -0.1) is 6.42 Å². The number of hydrogen-bond acceptors (Lipinski definition) is 5. The van der Waals surface area contributed by atoms with Crippen molar-refractivity contribution in [2.24, 2.45) is 5.92 Å². The number of nitrogens with zero attached hydrogens (tertiary/aromatic N) is 5. The third-order valence-electron chi connectivity index (χ3n) is 13.4. The van der Waals surface area contributed by atoms with Gasteiger partial charge in [0.05, 0.1) is 10.9 Å². The first-order valence-electron chi connectivity index (χ1n) is 19.9. The number of benzene rings is 3. The smallest absolute Gasteiger partial charge is 0.358 e. The molecule has 12 heteroatoms. The molecule has 57 heavy (non-hydrogen) atoms. The second-order valence-electron chi connectivity index (χ2n) is 17.0. The van der Waals surface area contributed by atoms with Crippen LogP contribution in [0.15, 0.2) is 42.1 Å². The Morgan fingerprint density at radius 1 is 1.05 bits per heavy atom. The van der Waals surface area contributed by atoms with Crippen LogP contribution in [0.5, 0.6) is 0 Å². The van der Waals surface area contributed by atoms with Gasteiger partial charge in [0.25, 0.3) is 0 Å². The zero-order valence-corrected chi connectivity index (χ0v) is 32.1. The molecular weight excluding hydrogens is 744 g/mol. The van der Waals surface area contributed by atoms with Gasteiger partial charge in [-0.2, -0.15) is 13.2 Å². The first-order chi connectivity index (χ1) is 27.2. The Kier molecular flexibility index (Phi) is 9.15. The first kappa shape index (κ1) is 37.9. The average Bonchev–Trinajstić information content (AvgIpc) is 3.88. The summed E-state index contributed by atoms with van der Waals surface area (Å²) >= 11 is 0. The normalized spacial score (nSPS) is 24.5. The Hall–Kier alpha value is -4.63. The summed E-state index contributed by atoms with van der Waals surface area (Å²) in [6, 6.07) is 5.76. The molecular formula is C45H44F7N5. The fourth-order valence-corrected chi connectivity index (χ4v) is 11.1. The summed E-state index contributed by atoms with van der Waals surface area (Å²) in [6.45, 7) is 9.20. The Balaban J connectivity index is 1.22. The van der Waals surface area contributed by atoms with E-state index >= 15 is 8.78 Å². The molecule has 9 rings (SSSR count). The number of allylic oxidation sites excluding steroid dienone is 2. The van der Waals surface area contributed by atoms with Gasteiger partial charge in [-0.1, -0.05) is 42.3 Å². The van der Waals surface area contributed by atoms with Crippen molar-refractivity contribution in [1.29, 1.82) is 0 Å². The van der Waals surface area contributed by atoms with Crippen LogP contribution >= 0.6 is 0 Å². The summed E-state index contributed by atoms with van der Waals surface area (Å²) in [4.78, 5) is 15.9. The van der Waals surface area contributed by atoms with Crippen LogP contribution in [0.3, 0.4) is 0 Å². The Morgan fingerprint density at radius 2 is 1.81 bits per heavy atom. The molecule has 5 heterocycles. The SMILES string of the molecule is C#Cc1c(F)ccc2cc(C)cc(-c3c4c(c5c(N6CC7CCC(C6)N7C(=C)C(F)(F)F)nc(CCC67CCCN6CC(CC(F)F)C7)nc5c3F)C=C(C)C4)c12. The Bertz CT molecular complexity index is 2400. The van der Waals surface area contributed by atoms with E-state index in [1.54, 1.807) is 6.07 Å². The molecule has 4 unspecified atom stereocenters. The minimum atomic E-state index is -4.56. The summed E-state index contributed by atoms with van der Waals surface area (Å²) < 4.78 is 102. The van der Waals surface area contributed by atoms with Crippen molar-refractivity contribution in [3.05, 3.63) is 81.8 Å². The lowest BCUT2D eigenvalue weighted by Gasteiger charge is -2.44. The summed E-state index contributed by atoms with van der Waals surface area (Å²) in [5.41, 5.74) is 2.97. The molecule has 4 aromatic rings. The molecule has 0 spiro atoms. The average molecular weight is 788 g/mol. The van der Waals surface area contributed by atoms with Crippen molar-refractivity contribution in [2.45, 2.75) is 102 Å². The highest BCUT2D eigenvalue weighted by molar-refractivity contribution is 6.08. The third-order valence-corrected chi connectivity index (χ3v) is 13.4. The van der Waals surface area contributed by atoms with Crippen LogP contribution in [-0.2, 0) is 12.8 Å². The van der Waals surface area contributed by atoms with E-state index in [2.05, 4.69) is 17.4 Å². The highest BCUT2D eigenvalue weighted by atomic mass is 19.4. The van der Waals surface area contributed by atoms with E-state index in [4.69, 9.17) is 16.4 Å². The maximum atomic E-state index is 18.0. The third kappa shape index (κ3) is 6.27. The molecule has 5 nitrogen and oxygen atoms in total. The monoisotopic (exact) mass is 787 g/mol. The molecule has 1 aromatic heterocycles. The van der Waals surface area contributed by atoms with E-state index in [0.717, 1.165) is 36.1 Å². The quantitative estimate of drug-likeness (QED) is 0.131. The first-order valence-corrected chi connectivity index (χ1v) is 19.9. The van der Waals surface area contributed by atoms with Gasteiger partial charge < -0.3 is 9.80 Å².